The van der Waals surface area contributed by atoms with Crippen LogP contribution in [0.4, 0.5) is 32.2 Å². The lowest BCUT2D eigenvalue weighted by atomic mass is 10.2. The zero-order chi connectivity index (χ0) is 27.5. The van der Waals surface area contributed by atoms with Crippen molar-refractivity contribution >= 4 is 29.1 Å². The average Bonchev–Trinajstić information content (AvgIpc) is 3.20. The van der Waals surface area contributed by atoms with Crippen LogP contribution in [0.5, 0.6) is 0 Å². The molecule has 1 aliphatic heterocycles. The van der Waals surface area contributed by atoms with Gasteiger partial charge in [0.15, 0.2) is 0 Å². The maximum atomic E-state index is 10.6. The van der Waals surface area contributed by atoms with Crippen molar-refractivity contribution in [3.05, 3.63) is 40.5 Å². The number of carboxylic acid groups (broad SMARTS) is 2. The van der Waals surface area contributed by atoms with Gasteiger partial charge < -0.3 is 20.0 Å². The predicted octanol–water partition coefficient (Wildman–Crippen LogP) is 3.19. The zero-order valence-electron chi connectivity index (χ0n) is 19.3. The van der Waals surface area contributed by atoms with Gasteiger partial charge in [-0.2, -0.15) is 26.3 Å². The summed E-state index contributed by atoms with van der Waals surface area (Å²) >= 11 is 1.73. The zero-order valence-corrected chi connectivity index (χ0v) is 20.1. The lowest BCUT2D eigenvalue weighted by Gasteiger charge is -2.25. The number of thiazole rings is 1. The van der Waals surface area contributed by atoms with Crippen molar-refractivity contribution in [2.24, 2.45) is 0 Å². The molecule has 1 aliphatic rings. The van der Waals surface area contributed by atoms with E-state index in [1.54, 1.807) is 11.3 Å². The summed E-state index contributed by atoms with van der Waals surface area (Å²) in [5.74, 6) is -4.37. The van der Waals surface area contributed by atoms with Crippen molar-refractivity contribution < 1.29 is 46.1 Å². The fourth-order valence-electron chi connectivity index (χ4n) is 2.72. The van der Waals surface area contributed by atoms with E-state index in [0.29, 0.717) is 0 Å². The van der Waals surface area contributed by atoms with Gasteiger partial charge in [-0.3, -0.25) is 4.90 Å². The van der Waals surface area contributed by atoms with Crippen LogP contribution >= 0.6 is 11.3 Å². The second kappa shape index (κ2) is 13.9. The van der Waals surface area contributed by atoms with E-state index >= 15 is 0 Å². The van der Waals surface area contributed by atoms with Crippen LogP contribution in [0.2, 0.25) is 0 Å². The first-order valence-electron chi connectivity index (χ1n) is 10.2. The molecule has 0 unspecified atom stereocenters. The number of likely N-dealkylation sites (N-methyl/N-ethyl adjacent to an activating group) is 1. The number of carbonyl (C=O) groups is 2. The van der Waals surface area contributed by atoms with Crippen LogP contribution in [0.15, 0.2) is 29.9 Å². The Labute approximate surface area is 206 Å². The van der Waals surface area contributed by atoms with Gasteiger partial charge in [0.05, 0.1) is 6.54 Å². The molecular weight excluding hydrogens is 520 g/mol. The fraction of sp³-hybridized carbons (Fsp3) is 0.500. The van der Waals surface area contributed by atoms with Crippen molar-refractivity contribution in [2.45, 2.75) is 25.4 Å². The second-order valence-corrected chi connectivity index (χ2v) is 8.50. The van der Waals surface area contributed by atoms with Gasteiger partial charge >= 0.3 is 24.3 Å². The third-order valence-electron chi connectivity index (χ3n) is 4.39. The molecule has 2 aromatic heterocycles. The van der Waals surface area contributed by atoms with Gasteiger partial charge in [-0.1, -0.05) is 6.07 Å². The number of pyridine rings is 1. The van der Waals surface area contributed by atoms with Crippen LogP contribution in [-0.2, 0) is 22.7 Å². The van der Waals surface area contributed by atoms with E-state index < -0.39 is 24.3 Å². The topological polar surface area (TPSA) is 110 Å². The Morgan fingerprint density at radius 3 is 2.08 bits per heavy atom. The summed E-state index contributed by atoms with van der Waals surface area (Å²) < 4.78 is 63.5. The van der Waals surface area contributed by atoms with Crippen LogP contribution in [0.1, 0.15) is 10.6 Å². The Bertz CT molecular complexity index is 933. The van der Waals surface area contributed by atoms with Gasteiger partial charge in [-0.05, 0) is 20.2 Å². The molecule has 0 radical (unpaired) electrons. The number of nitrogens with zero attached hydrogens (tertiary/aromatic N) is 5. The Kier molecular flexibility index (Phi) is 12.0. The molecule has 2 N–H and O–H groups in total. The number of halogens is 6. The highest BCUT2D eigenvalue weighted by Gasteiger charge is 2.38. The molecule has 0 saturated carbocycles. The van der Waals surface area contributed by atoms with E-state index in [1.165, 1.54) is 10.6 Å². The summed E-state index contributed by atoms with van der Waals surface area (Å²) in [6.45, 7) is 5.99. The molecule has 16 heteroatoms. The van der Waals surface area contributed by atoms with Gasteiger partial charge in [0.2, 0.25) is 0 Å². The lowest BCUT2D eigenvalue weighted by Crippen LogP contribution is -2.36. The van der Waals surface area contributed by atoms with Crippen LogP contribution in [0.25, 0.3) is 0 Å². The quantitative estimate of drug-likeness (QED) is 0.548. The van der Waals surface area contributed by atoms with Crippen LogP contribution in [-0.4, -0.2) is 94.5 Å². The molecule has 0 spiro atoms. The standard InChI is InChI=1S/C16H23N5S.2C2HF3O2/c1-19(2)7-9-21-10-8-20(13-15-17-6-11-22-15)12-14-4-3-5-18-16(14)21;2*3-2(4,5)1(6)7/h3-6,11H,7-10,12-13H2,1-2H3;2*(H,6,7). The second-order valence-electron chi connectivity index (χ2n) is 7.52. The predicted molar refractivity (Wildman–Crippen MR) is 119 cm³/mol. The van der Waals surface area contributed by atoms with Gasteiger partial charge in [0.1, 0.15) is 10.8 Å². The van der Waals surface area contributed by atoms with Crippen molar-refractivity contribution in [1.82, 2.24) is 19.8 Å². The number of aliphatic carboxylic acids is 2. The summed E-state index contributed by atoms with van der Waals surface area (Å²) in [6.07, 6.45) is -6.38. The van der Waals surface area contributed by atoms with Crippen molar-refractivity contribution in [1.29, 1.82) is 0 Å². The Hall–Kier alpha value is -2.98. The molecule has 3 heterocycles. The molecule has 2 aromatic rings. The number of hydrogen-bond acceptors (Lipinski definition) is 8. The first kappa shape index (κ1) is 31.1. The molecule has 0 fully saturated rings. The number of aromatic nitrogens is 2. The number of hydrogen-bond donors (Lipinski definition) is 2. The smallest absolute Gasteiger partial charge is 0.475 e. The number of alkyl halides is 6. The van der Waals surface area contributed by atoms with E-state index in [2.05, 4.69) is 44.8 Å². The number of rotatable bonds is 5. The number of anilines is 1. The van der Waals surface area contributed by atoms with Crippen LogP contribution in [0, 0.1) is 0 Å². The Balaban J connectivity index is 0.000000383. The molecule has 0 atom stereocenters. The Morgan fingerprint density at radius 2 is 1.61 bits per heavy atom. The third kappa shape index (κ3) is 11.6. The minimum absolute atomic E-state index is 0.924. The highest BCUT2D eigenvalue weighted by Crippen LogP contribution is 2.23. The molecule has 0 saturated heterocycles. The molecule has 0 aromatic carbocycles. The number of fused-ring (bicyclic) bond motifs is 1. The van der Waals surface area contributed by atoms with Crippen LogP contribution < -0.4 is 4.90 Å². The molecule has 9 nitrogen and oxygen atoms in total. The van der Waals surface area contributed by atoms with E-state index in [4.69, 9.17) is 19.8 Å². The van der Waals surface area contributed by atoms with Crippen molar-refractivity contribution in [3.63, 3.8) is 0 Å². The summed E-state index contributed by atoms with van der Waals surface area (Å²) in [7, 11) is 4.23. The highest BCUT2D eigenvalue weighted by molar-refractivity contribution is 7.09. The van der Waals surface area contributed by atoms with Gasteiger partial charge in [-0.25, -0.2) is 19.6 Å². The van der Waals surface area contributed by atoms with E-state index in [9.17, 15) is 26.3 Å². The van der Waals surface area contributed by atoms with Gasteiger partial charge in [0, 0.05) is 56.1 Å². The molecule has 0 aliphatic carbocycles. The van der Waals surface area contributed by atoms with E-state index in [-0.39, 0.29) is 0 Å². The normalized spacial score (nSPS) is 14.1. The van der Waals surface area contributed by atoms with Crippen LogP contribution in [0.3, 0.4) is 0 Å². The first-order valence-corrected chi connectivity index (χ1v) is 11.0. The van der Waals surface area contributed by atoms with E-state index in [1.807, 2.05) is 23.8 Å². The van der Waals surface area contributed by atoms with Gasteiger partial charge in [0.25, 0.3) is 0 Å². The monoisotopic (exact) mass is 545 g/mol. The third-order valence-corrected chi connectivity index (χ3v) is 5.16. The maximum Gasteiger partial charge on any atom is 0.490 e. The Morgan fingerprint density at radius 1 is 1.03 bits per heavy atom. The number of carboxylic acids is 2. The molecule has 0 bridgehead atoms. The summed E-state index contributed by atoms with van der Waals surface area (Å²) in [4.78, 5) is 34.0. The lowest BCUT2D eigenvalue weighted by molar-refractivity contribution is -0.193. The van der Waals surface area contributed by atoms with E-state index in [0.717, 1.165) is 45.1 Å². The summed E-state index contributed by atoms with van der Waals surface area (Å²) in [5, 5.41) is 17.5. The summed E-state index contributed by atoms with van der Waals surface area (Å²) in [6, 6.07) is 4.24. The fourth-order valence-corrected chi connectivity index (χ4v) is 3.38. The summed E-state index contributed by atoms with van der Waals surface area (Å²) in [5.41, 5.74) is 1.32. The van der Waals surface area contributed by atoms with Crippen molar-refractivity contribution in [3.8, 4) is 0 Å². The molecule has 3 rings (SSSR count). The minimum Gasteiger partial charge on any atom is -0.475 e. The molecule has 202 valence electrons. The molecule has 0 amide bonds. The molecule has 36 heavy (non-hydrogen) atoms. The SMILES string of the molecule is CN(C)CCN1CCN(Cc2nccs2)Cc2cccnc21.O=C(O)C(F)(F)F.O=C(O)C(F)(F)F. The molecular formula is C20H25F6N5O4S. The van der Waals surface area contributed by atoms with Gasteiger partial charge in [-0.15, -0.1) is 11.3 Å². The maximum absolute atomic E-state index is 10.6. The largest absolute Gasteiger partial charge is 0.490 e. The highest BCUT2D eigenvalue weighted by atomic mass is 32.1. The van der Waals surface area contributed by atoms with Crippen molar-refractivity contribution in [2.75, 3.05) is 45.2 Å². The first-order chi connectivity index (χ1) is 16.6. The minimum atomic E-state index is -5.08. The average molecular weight is 546 g/mol.